The van der Waals surface area contributed by atoms with Gasteiger partial charge in [0.15, 0.2) is 0 Å². The highest BCUT2D eigenvalue weighted by molar-refractivity contribution is 5.90. The van der Waals surface area contributed by atoms with E-state index in [9.17, 15) is 4.79 Å². The maximum atomic E-state index is 10.7. The van der Waals surface area contributed by atoms with Gasteiger partial charge in [-0.15, -0.1) is 0 Å². The predicted octanol–water partition coefficient (Wildman–Crippen LogP) is 0.943. The van der Waals surface area contributed by atoms with E-state index in [1.165, 1.54) is 6.07 Å². The average molecular weight is 195 g/mol. The van der Waals surface area contributed by atoms with Crippen molar-refractivity contribution in [2.45, 2.75) is 6.61 Å². The highest BCUT2D eigenvalue weighted by Crippen LogP contribution is 2.18. The van der Waals surface area contributed by atoms with Crippen LogP contribution in [0.15, 0.2) is 18.2 Å². The third-order valence-electron chi connectivity index (χ3n) is 2.01. The van der Waals surface area contributed by atoms with E-state index in [-0.39, 0.29) is 12.2 Å². The van der Waals surface area contributed by atoms with Crippen molar-refractivity contribution in [2.75, 3.05) is 19.0 Å². The van der Waals surface area contributed by atoms with Crippen LogP contribution < -0.4 is 4.90 Å². The van der Waals surface area contributed by atoms with Crippen LogP contribution in [-0.2, 0) is 6.61 Å². The maximum absolute atomic E-state index is 10.7. The number of nitrogens with zero attached hydrogens (tertiary/aromatic N) is 1. The molecule has 0 atom stereocenters. The summed E-state index contributed by atoms with van der Waals surface area (Å²) in [6, 6.07) is 4.88. The lowest BCUT2D eigenvalue weighted by atomic mass is 10.1. The lowest BCUT2D eigenvalue weighted by Crippen LogP contribution is -2.10. The summed E-state index contributed by atoms with van der Waals surface area (Å²) in [5, 5.41) is 17.8. The molecular formula is C10H13NO3. The van der Waals surface area contributed by atoms with Crippen LogP contribution in [0.1, 0.15) is 15.9 Å². The molecule has 0 spiro atoms. The summed E-state index contributed by atoms with van der Waals surface area (Å²) in [4.78, 5) is 12.6. The zero-order valence-electron chi connectivity index (χ0n) is 8.19. The molecule has 4 nitrogen and oxygen atoms in total. The normalized spacial score (nSPS) is 9.93. The molecule has 0 aromatic heterocycles. The average Bonchev–Trinajstić information content (AvgIpc) is 2.16. The zero-order valence-corrected chi connectivity index (χ0v) is 8.19. The molecule has 14 heavy (non-hydrogen) atoms. The molecule has 2 N–H and O–H groups in total. The zero-order chi connectivity index (χ0) is 10.7. The van der Waals surface area contributed by atoms with E-state index in [1.807, 2.05) is 19.0 Å². The van der Waals surface area contributed by atoms with Gasteiger partial charge in [0.05, 0.1) is 12.2 Å². The van der Waals surface area contributed by atoms with Gasteiger partial charge in [-0.1, -0.05) is 0 Å². The lowest BCUT2D eigenvalue weighted by molar-refractivity contribution is 0.0693. The minimum Gasteiger partial charge on any atom is -0.478 e. The molecule has 0 saturated carbocycles. The Kier molecular flexibility index (Phi) is 3.09. The van der Waals surface area contributed by atoms with Gasteiger partial charge in [0.2, 0.25) is 0 Å². The summed E-state index contributed by atoms with van der Waals surface area (Å²) in [7, 11) is 3.72. The number of carboxylic acids is 1. The molecule has 0 unspecified atom stereocenters. The van der Waals surface area contributed by atoms with E-state index in [2.05, 4.69) is 0 Å². The topological polar surface area (TPSA) is 60.8 Å². The Hall–Kier alpha value is -1.55. The van der Waals surface area contributed by atoms with Crippen LogP contribution in [-0.4, -0.2) is 30.3 Å². The van der Waals surface area contributed by atoms with Gasteiger partial charge in [-0.05, 0) is 23.8 Å². The Labute approximate surface area is 82.4 Å². The van der Waals surface area contributed by atoms with Crippen LogP contribution in [0.5, 0.6) is 0 Å². The van der Waals surface area contributed by atoms with Gasteiger partial charge in [-0.25, -0.2) is 4.79 Å². The van der Waals surface area contributed by atoms with E-state index >= 15 is 0 Å². The molecule has 0 bridgehead atoms. The maximum Gasteiger partial charge on any atom is 0.336 e. The molecule has 1 rings (SSSR count). The van der Waals surface area contributed by atoms with E-state index in [0.29, 0.717) is 5.56 Å². The SMILES string of the molecule is CN(C)c1ccc(C(=O)O)c(CO)c1. The van der Waals surface area contributed by atoms with E-state index < -0.39 is 5.97 Å². The molecule has 0 aliphatic rings. The predicted molar refractivity (Wildman–Crippen MR) is 53.7 cm³/mol. The third-order valence-corrected chi connectivity index (χ3v) is 2.01. The number of aromatic carboxylic acids is 1. The smallest absolute Gasteiger partial charge is 0.336 e. The standard InChI is InChI=1S/C10H13NO3/c1-11(2)8-3-4-9(10(13)14)7(5-8)6-12/h3-5,12H,6H2,1-2H3,(H,13,14). The fourth-order valence-electron chi connectivity index (χ4n) is 1.20. The molecule has 1 aromatic rings. The summed E-state index contributed by atoms with van der Waals surface area (Å²) in [5.74, 6) is -1.01. The third kappa shape index (κ3) is 2.03. The number of carbonyl (C=O) groups is 1. The monoisotopic (exact) mass is 195 g/mol. The molecule has 0 fully saturated rings. The first-order chi connectivity index (χ1) is 6.56. The number of benzene rings is 1. The molecule has 0 aliphatic heterocycles. The Balaban J connectivity index is 3.18. The number of hydrogen-bond donors (Lipinski definition) is 2. The summed E-state index contributed by atoms with van der Waals surface area (Å²) >= 11 is 0. The number of anilines is 1. The second-order valence-corrected chi connectivity index (χ2v) is 3.20. The highest BCUT2D eigenvalue weighted by Gasteiger charge is 2.10. The van der Waals surface area contributed by atoms with Gasteiger partial charge in [-0.2, -0.15) is 0 Å². The minimum atomic E-state index is -1.01. The Morgan fingerprint density at radius 2 is 2.07 bits per heavy atom. The molecule has 0 aliphatic carbocycles. The second-order valence-electron chi connectivity index (χ2n) is 3.20. The number of rotatable bonds is 3. The summed E-state index contributed by atoms with van der Waals surface area (Å²) in [6.45, 7) is -0.261. The van der Waals surface area contributed by atoms with Crippen LogP contribution >= 0.6 is 0 Å². The van der Waals surface area contributed by atoms with E-state index in [4.69, 9.17) is 10.2 Å². The number of aliphatic hydroxyl groups excluding tert-OH is 1. The van der Waals surface area contributed by atoms with Crippen LogP contribution in [0, 0.1) is 0 Å². The van der Waals surface area contributed by atoms with Gasteiger partial charge in [0.1, 0.15) is 0 Å². The number of hydrogen-bond acceptors (Lipinski definition) is 3. The van der Waals surface area contributed by atoms with Crippen molar-refractivity contribution in [2.24, 2.45) is 0 Å². The Morgan fingerprint density at radius 3 is 2.50 bits per heavy atom. The second kappa shape index (κ2) is 4.11. The molecule has 1 aromatic carbocycles. The first-order valence-corrected chi connectivity index (χ1v) is 4.20. The van der Waals surface area contributed by atoms with Gasteiger partial charge in [-0.3, -0.25) is 0 Å². The number of aliphatic hydroxyl groups is 1. The van der Waals surface area contributed by atoms with Gasteiger partial charge < -0.3 is 15.1 Å². The molecular weight excluding hydrogens is 182 g/mol. The Morgan fingerprint density at radius 1 is 1.43 bits per heavy atom. The quantitative estimate of drug-likeness (QED) is 0.753. The van der Waals surface area contributed by atoms with Gasteiger partial charge in [0, 0.05) is 19.8 Å². The molecule has 0 heterocycles. The highest BCUT2D eigenvalue weighted by atomic mass is 16.4. The van der Waals surface area contributed by atoms with Crippen molar-refractivity contribution < 1.29 is 15.0 Å². The fourth-order valence-corrected chi connectivity index (χ4v) is 1.20. The first-order valence-electron chi connectivity index (χ1n) is 4.20. The largest absolute Gasteiger partial charge is 0.478 e. The van der Waals surface area contributed by atoms with Crippen molar-refractivity contribution in [1.29, 1.82) is 0 Å². The van der Waals surface area contributed by atoms with Crippen molar-refractivity contribution in [3.05, 3.63) is 29.3 Å². The molecule has 76 valence electrons. The molecule has 0 amide bonds. The summed E-state index contributed by atoms with van der Waals surface area (Å²) < 4.78 is 0. The van der Waals surface area contributed by atoms with Crippen molar-refractivity contribution in [1.82, 2.24) is 0 Å². The molecule has 4 heteroatoms. The molecule has 0 saturated heterocycles. The van der Waals surface area contributed by atoms with Crippen LogP contribution in [0.3, 0.4) is 0 Å². The summed E-state index contributed by atoms with van der Waals surface area (Å²) in [5.41, 5.74) is 1.46. The molecule has 0 radical (unpaired) electrons. The van der Waals surface area contributed by atoms with Crippen LogP contribution in [0.25, 0.3) is 0 Å². The van der Waals surface area contributed by atoms with E-state index in [0.717, 1.165) is 5.69 Å². The first kappa shape index (κ1) is 10.5. The van der Waals surface area contributed by atoms with Crippen LogP contribution in [0.2, 0.25) is 0 Å². The van der Waals surface area contributed by atoms with Crippen molar-refractivity contribution in [3.8, 4) is 0 Å². The van der Waals surface area contributed by atoms with Gasteiger partial charge >= 0.3 is 5.97 Å². The fraction of sp³-hybridized carbons (Fsp3) is 0.300. The lowest BCUT2D eigenvalue weighted by Gasteiger charge is -2.14. The van der Waals surface area contributed by atoms with Crippen molar-refractivity contribution >= 4 is 11.7 Å². The van der Waals surface area contributed by atoms with Crippen molar-refractivity contribution in [3.63, 3.8) is 0 Å². The van der Waals surface area contributed by atoms with Crippen LogP contribution in [0.4, 0.5) is 5.69 Å². The van der Waals surface area contributed by atoms with E-state index in [1.54, 1.807) is 12.1 Å². The Bertz CT molecular complexity index is 347. The minimum absolute atomic E-state index is 0.151. The van der Waals surface area contributed by atoms with Gasteiger partial charge in [0.25, 0.3) is 0 Å². The summed E-state index contributed by atoms with van der Waals surface area (Å²) in [6.07, 6.45) is 0. The number of carboxylic acid groups (broad SMARTS) is 1.